The van der Waals surface area contributed by atoms with Crippen LogP contribution in [-0.2, 0) is 9.53 Å². The number of amides is 1. The number of hydrogen-bond donors (Lipinski definition) is 3. The van der Waals surface area contributed by atoms with Gasteiger partial charge in [-0.05, 0) is 23.3 Å². The predicted octanol–water partition coefficient (Wildman–Crippen LogP) is 4.19. The fraction of sp³-hybridized carbons (Fsp3) is 0.0769. The van der Waals surface area contributed by atoms with Crippen molar-refractivity contribution in [2.45, 2.75) is 5.92 Å². The van der Waals surface area contributed by atoms with Crippen molar-refractivity contribution in [2.75, 3.05) is 17.9 Å². The van der Waals surface area contributed by atoms with Crippen molar-refractivity contribution in [3.63, 3.8) is 0 Å². The third kappa shape index (κ3) is 5.68. The molecule has 0 bridgehead atoms. The number of para-hydroxylation sites is 1. The Kier molecular flexibility index (Phi) is 7.64. The number of carbonyl (C=O) groups is 2. The lowest BCUT2D eigenvalue weighted by atomic mass is 9.91. The molecule has 3 aromatic carbocycles. The Balaban J connectivity index is 1.62. The second kappa shape index (κ2) is 11.4. The molecule has 0 unspecified atom stereocenters. The summed E-state index contributed by atoms with van der Waals surface area (Å²) in [6.07, 6.45) is 1.09. The average Bonchev–Trinajstić information content (AvgIpc) is 2.93. The van der Waals surface area contributed by atoms with Gasteiger partial charge in [-0.15, -0.1) is 0 Å². The monoisotopic (exact) mass is 498 g/mol. The van der Waals surface area contributed by atoms with E-state index >= 15 is 0 Å². The maximum absolute atomic E-state index is 13.3. The summed E-state index contributed by atoms with van der Waals surface area (Å²) in [6.45, 7) is 0. The molecule has 0 aliphatic carbocycles. The normalized spacial score (nSPS) is 10.4. The van der Waals surface area contributed by atoms with E-state index in [0.717, 1.165) is 17.5 Å². The predicted molar refractivity (Wildman–Crippen MR) is 136 cm³/mol. The third-order valence-electron chi connectivity index (χ3n) is 5.42. The molecule has 3 N–H and O–H groups in total. The number of benzene rings is 3. The molecule has 186 valence electrons. The first kappa shape index (κ1) is 24.8. The second-order valence-corrected chi connectivity index (χ2v) is 7.71. The van der Waals surface area contributed by atoms with Crippen LogP contribution in [0.1, 0.15) is 27.4 Å². The Morgan fingerprint density at radius 2 is 1.43 bits per heavy atom. The first-order valence-electron chi connectivity index (χ1n) is 11.1. The molecule has 11 nitrogen and oxygen atoms in total. The fourth-order valence-corrected chi connectivity index (χ4v) is 3.72. The van der Waals surface area contributed by atoms with E-state index in [1.807, 2.05) is 60.7 Å². The number of anilines is 3. The zero-order valence-electron chi connectivity index (χ0n) is 19.6. The van der Waals surface area contributed by atoms with E-state index in [-0.39, 0.29) is 22.9 Å². The van der Waals surface area contributed by atoms with Gasteiger partial charge in [0.25, 0.3) is 0 Å². The molecule has 0 atom stereocenters. The van der Waals surface area contributed by atoms with E-state index in [1.165, 1.54) is 13.2 Å². The molecule has 1 aromatic heterocycles. The van der Waals surface area contributed by atoms with Crippen LogP contribution in [-0.4, -0.2) is 33.9 Å². The van der Waals surface area contributed by atoms with Crippen molar-refractivity contribution in [3.8, 4) is 0 Å². The molecule has 11 heteroatoms. The van der Waals surface area contributed by atoms with Crippen molar-refractivity contribution in [2.24, 2.45) is 0 Å². The van der Waals surface area contributed by atoms with Crippen LogP contribution in [0.15, 0.2) is 91.3 Å². The zero-order valence-corrected chi connectivity index (χ0v) is 19.6. The first-order chi connectivity index (χ1) is 18.0. The number of esters is 1. The molecule has 0 spiro atoms. The highest BCUT2D eigenvalue weighted by molar-refractivity contribution is 5.97. The Labute approximate surface area is 211 Å². The number of carbonyl (C=O) groups excluding carboxylic acids is 2. The van der Waals surface area contributed by atoms with Crippen LogP contribution in [0.3, 0.4) is 0 Å². The summed E-state index contributed by atoms with van der Waals surface area (Å²) in [5.74, 6) is -2.18. The molecule has 0 saturated heterocycles. The maximum atomic E-state index is 13.3. The molecule has 0 aliphatic heterocycles. The fourth-order valence-electron chi connectivity index (χ4n) is 3.72. The van der Waals surface area contributed by atoms with Crippen LogP contribution in [0.5, 0.6) is 0 Å². The van der Waals surface area contributed by atoms with Gasteiger partial charge in [-0.1, -0.05) is 72.8 Å². The van der Waals surface area contributed by atoms with Crippen molar-refractivity contribution in [1.82, 2.24) is 15.4 Å². The number of nitro groups is 1. The van der Waals surface area contributed by atoms with E-state index < -0.39 is 28.4 Å². The highest BCUT2D eigenvalue weighted by Crippen LogP contribution is 2.32. The highest BCUT2D eigenvalue weighted by Gasteiger charge is 2.27. The van der Waals surface area contributed by atoms with Crippen LogP contribution >= 0.6 is 0 Å². The summed E-state index contributed by atoms with van der Waals surface area (Å²) in [5, 5.41) is 14.8. The van der Waals surface area contributed by atoms with Crippen molar-refractivity contribution in [3.05, 3.63) is 118 Å². The van der Waals surface area contributed by atoms with Gasteiger partial charge in [0.2, 0.25) is 17.5 Å². The van der Waals surface area contributed by atoms with E-state index in [2.05, 4.69) is 26.1 Å². The molecule has 0 saturated carbocycles. The number of hydrazine groups is 1. The van der Waals surface area contributed by atoms with Crippen LogP contribution in [0.2, 0.25) is 0 Å². The van der Waals surface area contributed by atoms with Crippen LogP contribution < -0.4 is 16.2 Å². The van der Waals surface area contributed by atoms with Crippen LogP contribution in [0.25, 0.3) is 0 Å². The SMILES string of the molecule is COC(=O)c1ccccc1Nc1ncnc(NNC(=O)C(c2ccccc2)c2ccccc2)c1[N+](=O)[O-]. The third-order valence-corrected chi connectivity index (χ3v) is 5.42. The largest absolute Gasteiger partial charge is 0.465 e. The summed E-state index contributed by atoms with van der Waals surface area (Å²) in [7, 11) is 1.23. The number of nitrogens with zero attached hydrogens (tertiary/aromatic N) is 3. The summed E-state index contributed by atoms with van der Waals surface area (Å²) >= 11 is 0. The van der Waals surface area contributed by atoms with Gasteiger partial charge in [0.1, 0.15) is 6.33 Å². The summed E-state index contributed by atoms with van der Waals surface area (Å²) < 4.78 is 4.77. The van der Waals surface area contributed by atoms with Gasteiger partial charge >= 0.3 is 11.7 Å². The second-order valence-electron chi connectivity index (χ2n) is 7.71. The molecule has 0 radical (unpaired) electrons. The summed E-state index contributed by atoms with van der Waals surface area (Å²) in [4.78, 5) is 44.6. The number of methoxy groups -OCH3 is 1. The Morgan fingerprint density at radius 3 is 2.03 bits per heavy atom. The minimum atomic E-state index is -0.691. The highest BCUT2D eigenvalue weighted by atomic mass is 16.6. The molecular formula is C26H22N6O5. The van der Waals surface area contributed by atoms with Gasteiger partial charge < -0.3 is 10.1 Å². The summed E-state index contributed by atoms with van der Waals surface area (Å²) in [5.41, 5.74) is 6.47. The topological polar surface area (TPSA) is 148 Å². The van der Waals surface area contributed by atoms with Gasteiger partial charge in [-0.3, -0.25) is 25.8 Å². The minimum absolute atomic E-state index is 0.161. The molecule has 37 heavy (non-hydrogen) atoms. The van der Waals surface area contributed by atoms with Crippen molar-refractivity contribution in [1.29, 1.82) is 0 Å². The standard InChI is InChI=1S/C26H22N6O5/c1-37-26(34)19-14-8-9-15-20(19)29-23-22(32(35)36)24(28-16-27-23)30-31-25(33)21(17-10-4-2-5-11-17)18-12-6-3-7-13-18/h2-16,21H,1H3,(H,31,33)(H2,27,28,29,30). The number of ether oxygens (including phenoxy) is 1. The number of rotatable bonds is 9. The Bertz CT molecular complexity index is 1380. The van der Waals surface area contributed by atoms with Crippen molar-refractivity contribution < 1.29 is 19.2 Å². The lowest BCUT2D eigenvalue weighted by Crippen LogP contribution is -2.35. The van der Waals surface area contributed by atoms with Gasteiger partial charge in [-0.25, -0.2) is 14.8 Å². The van der Waals surface area contributed by atoms with Gasteiger partial charge in [0.15, 0.2) is 0 Å². The van der Waals surface area contributed by atoms with Gasteiger partial charge in [0, 0.05) is 0 Å². The molecule has 1 amide bonds. The van der Waals surface area contributed by atoms with E-state index in [1.54, 1.807) is 18.2 Å². The van der Waals surface area contributed by atoms with Gasteiger partial charge in [0.05, 0.1) is 29.2 Å². The Morgan fingerprint density at radius 1 is 0.865 bits per heavy atom. The lowest BCUT2D eigenvalue weighted by Gasteiger charge is -2.18. The van der Waals surface area contributed by atoms with E-state index in [9.17, 15) is 19.7 Å². The zero-order chi connectivity index (χ0) is 26.2. The molecule has 4 rings (SSSR count). The van der Waals surface area contributed by atoms with Crippen LogP contribution in [0.4, 0.5) is 23.0 Å². The lowest BCUT2D eigenvalue weighted by molar-refractivity contribution is -0.383. The quantitative estimate of drug-likeness (QED) is 0.175. The minimum Gasteiger partial charge on any atom is -0.465 e. The van der Waals surface area contributed by atoms with Gasteiger partial charge in [-0.2, -0.15) is 0 Å². The number of hydrogen-bond acceptors (Lipinski definition) is 9. The summed E-state index contributed by atoms with van der Waals surface area (Å²) in [6, 6.07) is 24.6. The molecule has 4 aromatic rings. The molecule has 0 fully saturated rings. The first-order valence-corrected chi connectivity index (χ1v) is 11.1. The maximum Gasteiger partial charge on any atom is 0.355 e. The average molecular weight is 498 g/mol. The number of nitrogens with one attached hydrogen (secondary N) is 3. The number of aromatic nitrogens is 2. The molecular weight excluding hydrogens is 476 g/mol. The van der Waals surface area contributed by atoms with E-state index in [4.69, 9.17) is 4.74 Å². The van der Waals surface area contributed by atoms with Crippen molar-refractivity contribution >= 4 is 34.9 Å². The van der Waals surface area contributed by atoms with Crippen LogP contribution in [0, 0.1) is 10.1 Å². The smallest absolute Gasteiger partial charge is 0.355 e. The Hall–Kier alpha value is -5.32. The van der Waals surface area contributed by atoms with E-state index in [0.29, 0.717) is 0 Å². The molecule has 0 aliphatic rings. The molecule has 1 heterocycles.